The van der Waals surface area contributed by atoms with Gasteiger partial charge in [-0.25, -0.2) is 0 Å². The van der Waals surface area contributed by atoms with E-state index in [1.807, 2.05) is 6.08 Å². The molecule has 0 saturated heterocycles. The minimum atomic E-state index is 0.0406. The Labute approximate surface area is 67.2 Å². The van der Waals surface area contributed by atoms with Crippen LogP contribution in [0.15, 0.2) is 12.2 Å². The quantitative estimate of drug-likeness (QED) is 0.483. The molecule has 0 heterocycles. The molecule has 0 aromatic carbocycles. The topological polar surface area (TPSA) is 44.5 Å². The highest BCUT2D eigenvalue weighted by Gasteiger charge is 2.17. The fourth-order valence-electron chi connectivity index (χ4n) is 1.18. The highest BCUT2D eigenvalue weighted by molar-refractivity contribution is 5.00. The van der Waals surface area contributed by atoms with Gasteiger partial charge in [0.2, 0.25) is 0 Å². The minimum Gasteiger partial charge on any atom is -0.359 e. The summed E-state index contributed by atoms with van der Waals surface area (Å²) in [6, 6.07) is 0.0406. The van der Waals surface area contributed by atoms with Crippen molar-refractivity contribution in [3.05, 3.63) is 12.2 Å². The summed E-state index contributed by atoms with van der Waals surface area (Å²) in [5, 5.41) is 0. The molecule has 0 aliphatic heterocycles. The molecule has 0 aromatic rings. The van der Waals surface area contributed by atoms with Crippen molar-refractivity contribution in [1.29, 1.82) is 0 Å². The summed E-state index contributed by atoms with van der Waals surface area (Å²) >= 11 is 0. The van der Waals surface area contributed by atoms with Gasteiger partial charge in [-0.15, -0.1) is 0 Å². The molecule has 0 fully saturated rings. The normalized spacial score (nSPS) is 30.7. The van der Waals surface area contributed by atoms with Gasteiger partial charge in [0.25, 0.3) is 0 Å². The zero-order valence-corrected chi connectivity index (χ0v) is 6.82. The van der Waals surface area contributed by atoms with Gasteiger partial charge in [-0.3, -0.25) is 0 Å². The molecule has 2 unspecified atom stereocenters. The highest BCUT2D eigenvalue weighted by Crippen LogP contribution is 2.13. The third-order valence-electron chi connectivity index (χ3n) is 1.81. The molecule has 0 radical (unpaired) electrons. The number of ether oxygens (including phenoxy) is 2. The van der Waals surface area contributed by atoms with E-state index >= 15 is 0 Å². The van der Waals surface area contributed by atoms with E-state index in [0.29, 0.717) is 6.79 Å². The first-order valence-corrected chi connectivity index (χ1v) is 3.87. The van der Waals surface area contributed by atoms with E-state index < -0.39 is 0 Å². The molecule has 0 aromatic heterocycles. The summed E-state index contributed by atoms with van der Waals surface area (Å²) in [5.41, 5.74) is 5.75. The predicted octanol–water partition coefficient (Wildman–Crippen LogP) is 0.653. The lowest BCUT2D eigenvalue weighted by molar-refractivity contribution is -0.0784. The van der Waals surface area contributed by atoms with Gasteiger partial charge in [0, 0.05) is 13.2 Å². The molecule has 3 nitrogen and oxygen atoms in total. The molecule has 2 N–H and O–H groups in total. The van der Waals surface area contributed by atoms with Gasteiger partial charge in [-0.05, 0) is 12.8 Å². The summed E-state index contributed by atoms with van der Waals surface area (Å²) in [4.78, 5) is 0. The first-order valence-electron chi connectivity index (χ1n) is 3.87. The largest absolute Gasteiger partial charge is 0.359 e. The van der Waals surface area contributed by atoms with Gasteiger partial charge in [-0.2, -0.15) is 0 Å². The predicted molar refractivity (Wildman–Crippen MR) is 43.1 cm³/mol. The smallest absolute Gasteiger partial charge is 0.146 e. The van der Waals surface area contributed by atoms with Gasteiger partial charge >= 0.3 is 0 Å². The molecule has 0 amide bonds. The van der Waals surface area contributed by atoms with Crippen LogP contribution < -0.4 is 5.73 Å². The van der Waals surface area contributed by atoms with E-state index in [2.05, 4.69) is 6.08 Å². The maximum Gasteiger partial charge on any atom is 0.146 e. The fourth-order valence-corrected chi connectivity index (χ4v) is 1.18. The van der Waals surface area contributed by atoms with E-state index in [0.717, 1.165) is 12.8 Å². The molecule has 1 rings (SSSR count). The Balaban J connectivity index is 2.27. The molecular formula is C8H15NO2. The first kappa shape index (κ1) is 8.71. The lowest BCUT2D eigenvalue weighted by Crippen LogP contribution is -2.37. The molecule has 0 bridgehead atoms. The van der Waals surface area contributed by atoms with Crippen LogP contribution in [-0.2, 0) is 9.47 Å². The zero-order chi connectivity index (χ0) is 8.10. The van der Waals surface area contributed by atoms with Crippen LogP contribution in [0.5, 0.6) is 0 Å². The average Bonchev–Trinajstić information content (AvgIpc) is 2.03. The van der Waals surface area contributed by atoms with E-state index in [-0.39, 0.29) is 12.1 Å². The van der Waals surface area contributed by atoms with E-state index in [1.165, 1.54) is 0 Å². The number of allylic oxidation sites excluding steroid dienone is 1. The molecule has 1 aliphatic rings. The summed E-state index contributed by atoms with van der Waals surface area (Å²) < 4.78 is 10.1. The summed E-state index contributed by atoms with van der Waals surface area (Å²) in [6.07, 6.45) is 6.28. The first-order chi connectivity index (χ1) is 5.34. The molecule has 1 aliphatic carbocycles. The molecular weight excluding hydrogens is 142 g/mol. The van der Waals surface area contributed by atoms with Gasteiger partial charge in [0.05, 0.1) is 6.10 Å². The lowest BCUT2D eigenvalue weighted by Gasteiger charge is -2.23. The number of nitrogens with two attached hydrogens (primary N) is 1. The maximum atomic E-state index is 5.75. The minimum absolute atomic E-state index is 0.0406. The van der Waals surface area contributed by atoms with Crippen molar-refractivity contribution in [2.24, 2.45) is 5.73 Å². The molecule has 0 saturated carbocycles. The van der Waals surface area contributed by atoms with Gasteiger partial charge < -0.3 is 15.2 Å². The summed E-state index contributed by atoms with van der Waals surface area (Å²) in [5.74, 6) is 0. The van der Waals surface area contributed by atoms with Crippen LogP contribution in [0.25, 0.3) is 0 Å². The van der Waals surface area contributed by atoms with Crippen molar-refractivity contribution < 1.29 is 9.47 Å². The van der Waals surface area contributed by atoms with Crippen molar-refractivity contribution in [2.45, 2.75) is 25.0 Å². The lowest BCUT2D eigenvalue weighted by atomic mass is 10.0. The van der Waals surface area contributed by atoms with Crippen LogP contribution >= 0.6 is 0 Å². The van der Waals surface area contributed by atoms with Gasteiger partial charge in [-0.1, -0.05) is 12.2 Å². The van der Waals surface area contributed by atoms with Gasteiger partial charge in [0.1, 0.15) is 6.79 Å². The third-order valence-corrected chi connectivity index (χ3v) is 1.81. The second-order valence-electron chi connectivity index (χ2n) is 2.69. The van der Waals surface area contributed by atoms with Crippen molar-refractivity contribution in [3.63, 3.8) is 0 Å². The Morgan fingerprint density at radius 1 is 1.64 bits per heavy atom. The molecule has 2 atom stereocenters. The zero-order valence-electron chi connectivity index (χ0n) is 6.82. The van der Waals surface area contributed by atoms with Crippen LogP contribution in [0.2, 0.25) is 0 Å². The molecule has 11 heavy (non-hydrogen) atoms. The second-order valence-corrected chi connectivity index (χ2v) is 2.69. The molecule has 0 spiro atoms. The van der Waals surface area contributed by atoms with Crippen LogP contribution in [0.4, 0.5) is 0 Å². The Morgan fingerprint density at radius 2 is 2.45 bits per heavy atom. The van der Waals surface area contributed by atoms with E-state index in [9.17, 15) is 0 Å². The third kappa shape index (κ3) is 2.61. The summed E-state index contributed by atoms with van der Waals surface area (Å²) in [7, 11) is 1.62. The number of hydrogen-bond acceptors (Lipinski definition) is 3. The van der Waals surface area contributed by atoms with Crippen molar-refractivity contribution in [1.82, 2.24) is 0 Å². The highest BCUT2D eigenvalue weighted by atomic mass is 16.7. The van der Waals surface area contributed by atoms with Crippen LogP contribution in [-0.4, -0.2) is 26.0 Å². The van der Waals surface area contributed by atoms with Crippen LogP contribution in [0.1, 0.15) is 12.8 Å². The Morgan fingerprint density at radius 3 is 3.09 bits per heavy atom. The molecule has 64 valence electrons. The SMILES string of the molecule is COCOC1CCC=CC1N. The standard InChI is InChI=1S/C8H15NO2/c1-10-6-11-8-5-3-2-4-7(8)9/h2,4,7-8H,3,5-6,9H2,1H3. The van der Waals surface area contributed by atoms with Crippen LogP contribution in [0.3, 0.4) is 0 Å². The number of hydrogen-bond donors (Lipinski definition) is 1. The van der Waals surface area contributed by atoms with Crippen LogP contribution in [0, 0.1) is 0 Å². The van der Waals surface area contributed by atoms with Crippen molar-refractivity contribution >= 4 is 0 Å². The van der Waals surface area contributed by atoms with Crippen molar-refractivity contribution in [2.75, 3.05) is 13.9 Å². The second kappa shape index (κ2) is 4.49. The fraction of sp³-hybridized carbons (Fsp3) is 0.750. The Bertz CT molecular complexity index is 136. The van der Waals surface area contributed by atoms with E-state index in [4.69, 9.17) is 15.2 Å². The van der Waals surface area contributed by atoms with Crippen molar-refractivity contribution in [3.8, 4) is 0 Å². The van der Waals surface area contributed by atoms with Gasteiger partial charge in [0.15, 0.2) is 0 Å². The number of rotatable bonds is 3. The average molecular weight is 157 g/mol. The monoisotopic (exact) mass is 157 g/mol. The Hall–Kier alpha value is -0.380. The Kier molecular flexibility index (Phi) is 3.56. The summed E-state index contributed by atoms with van der Waals surface area (Å²) in [6.45, 7) is 0.339. The number of methoxy groups -OCH3 is 1. The molecule has 3 heteroatoms. The van der Waals surface area contributed by atoms with E-state index in [1.54, 1.807) is 7.11 Å². The maximum absolute atomic E-state index is 5.75.